The van der Waals surface area contributed by atoms with E-state index in [1.807, 2.05) is 6.92 Å². The minimum atomic E-state index is -3.98. The zero-order valence-corrected chi connectivity index (χ0v) is 19.2. The van der Waals surface area contributed by atoms with Gasteiger partial charge in [0.2, 0.25) is 10.0 Å². The van der Waals surface area contributed by atoms with Crippen LogP contribution in [0.2, 0.25) is 0 Å². The normalized spacial score (nSPS) is 13.8. The first-order chi connectivity index (χ1) is 15.3. The van der Waals surface area contributed by atoms with Crippen molar-refractivity contribution in [3.63, 3.8) is 0 Å². The van der Waals surface area contributed by atoms with Gasteiger partial charge in [-0.25, -0.2) is 18.1 Å². The molecule has 170 valence electrons. The predicted molar refractivity (Wildman–Crippen MR) is 119 cm³/mol. The topological polar surface area (TPSA) is 120 Å². The third-order valence-electron chi connectivity index (χ3n) is 4.89. The lowest BCUT2D eigenvalue weighted by molar-refractivity contribution is -0.117. The maximum absolute atomic E-state index is 12.9. The molecule has 1 aliphatic rings. The van der Waals surface area contributed by atoms with Gasteiger partial charge in [-0.2, -0.15) is 4.31 Å². The minimum absolute atomic E-state index is 0.0253. The predicted octanol–water partition coefficient (Wildman–Crippen LogP) is 1.57. The summed E-state index contributed by atoms with van der Waals surface area (Å²) in [6.07, 6.45) is 2.69. The summed E-state index contributed by atoms with van der Waals surface area (Å²) in [5.41, 5.74) is 1.98. The number of hydrogen-bond acceptors (Lipinski definition) is 8. The molecule has 4 rings (SSSR count). The fourth-order valence-corrected chi connectivity index (χ4v) is 5.24. The van der Waals surface area contributed by atoms with Crippen LogP contribution in [0.25, 0.3) is 10.2 Å². The van der Waals surface area contributed by atoms with Crippen LogP contribution in [0, 0.1) is 0 Å². The number of amides is 1. The Labute approximate surface area is 188 Å². The van der Waals surface area contributed by atoms with Gasteiger partial charge in [0, 0.05) is 24.4 Å². The summed E-state index contributed by atoms with van der Waals surface area (Å²) in [6.45, 7) is 2.39. The van der Waals surface area contributed by atoms with Crippen molar-refractivity contribution < 1.29 is 22.7 Å². The van der Waals surface area contributed by atoms with Gasteiger partial charge in [0.15, 0.2) is 11.5 Å². The van der Waals surface area contributed by atoms with Gasteiger partial charge in [0.1, 0.15) is 11.2 Å². The van der Waals surface area contributed by atoms with Gasteiger partial charge in [-0.05, 0) is 24.6 Å². The summed E-state index contributed by atoms with van der Waals surface area (Å²) in [5.74, 6) is 0.137. The molecule has 0 radical (unpaired) electrons. The van der Waals surface area contributed by atoms with Crippen LogP contribution in [0.5, 0.6) is 11.5 Å². The number of aromatic nitrogens is 2. The van der Waals surface area contributed by atoms with Gasteiger partial charge in [-0.3, -0.25) is 15.0 Å². The van der Waals surface area contributed by atoms with Gasteiger partial charge in [-0.15, -0.1) is 11.3 Å². The number of nitrogens with zero attached hydrogens (tertiary/aromatic N) is 3. The summed E-state index contributed by atoms with van der Waals surface area (Å²) < 4.78 is 38.8. The van der Waals surface area contributed by atoms with Crippen LogP contribution >= 0.6 is 11.3 Å². The van der Waals surface area contributed by atoms with Gasteiger partial charge < -0.3 is 9.47 Å². The summed E-state index contributed by atoms with van der Waals surface area (Å²) in [4.78, 5) is 30.9. The average molecular weight is 479 g/mol. The van der Waals surface area contributed by atoms with Crippen LogP contribution in [0.1, 0.15) is 18.2 Å². The number of ether oxygens (including phenoxy) is 2. The first kappa shape index (κ1) is 22.2. The molecule has 0 aliphatic carbocycles. The first-order valence-electron chi connectivity index (χ1n) is 9.95. The van der Waals surface area contributed by atoms with E-state index in [-0.39, 0.29) is 4.90 Å². The molecule has 12 heteroatoms. The highest BCUT2D eigenvalue weighted by molar-refractivity contribution is 7.89. The summed E-state index contributed by atoms with van der Waals surface area (Å²) in [7, 11) is -2.69. The van der Waals surface area contributed by atoms with Crippen LogP contribution in [0.4, 0.5) is 0 Å². The number of sulfonamides is 1. The zero-order valence-electron chi connectivity index (χ0n) is 17.5. The molecule has 1 aliphatic heterocycles. The lowest BCUT2D eigenvalue weighted by Crippen LogP contribution is -2.40. The van der Waals surface area contributed by atoms with Crippen LogP contribution in [-0.4, -0.2) is 55.1 Å². The molecule has 3 aromatic rings. The van der Waals surface area contributed by atoms with Crippen LogP contribution in [0.15, 0.2) is 40.3 Å². The second-order valence-corrected chi connectivity index (χ2v) is 10.3. The Morgan fingerprint density at radius 1 is 1.25 bits per heavy atom. The van der Waals surface area contributed by atoms with Crippen molar-refractivity contribution >= 4 is 37.5 Å². The molecule has 0 fully saturated rings. The molecule has 1 amide bonds. The van der Waals surface area contributed by atoms with E-state index in [1.54, 1.807) is 6.07 Å². The largest absolute Gasteiger partial charge is 0.490 e. The Bertz CT molecular complexity index is 1330. The van der Waals surface area contributed by atoms with E-state index in [2.05, 4.69) is 10.4 Å². The molecule has 1 N–H and O–H groups in total. The molecule has 10 nitrogen and oxygen atoms in total. The molecular weight excluding hydrogens is 456 g/mol. The minimum Gasteiger partial charge on any atom is -0.490 e. The number of carbonyl (C=O) groups is 1. The van der Waals surface area contributed by atoms with E-state index in [9.17, 15) is 18.0 Å². The third kappa shape index (κ3) is 4.33. The fourth-order valence-electron chi connectivity index (χ4n) is 3.17. The number of nitrogens with one attached hydrogen (secondary N) is 1. The smallest absolute Gasteiger partial charge is 0.280 e. The van der Waals surface area contributed by atoms with Gasteiger partial charge >= 0.3 is 0 Å². The number of rotatable bonds is 6. The number of likely N-dealkylation sites (N-methyl/N-ethyl adjacent to an activating group) is 1. The molecule has 1 aromatic carbocycles. The van der Waals surface area contributed by atoms with Crippen molar-refractivity contribution in [1.29, 1.82) is 0 Å². The number of carbonyl (C=O) groups excluding carboxylic acids is 1. The van der Waals surface area contributed by atoms with E-state index in [0.29, 0.717) is 41.4 Å². The second kappa shape index (κ2) is 8.88. The van der Waals surface area contributed by atoms with Crippen molar-refractivity contribution in [2.75, 3.05) is 32.2 Å². The van der Waals surface area contributed by atoms with Crippen molar-refractivity contribution in [2.24, 2.45) is 0 Å². The Balaban J connectivity index is 1.50. The van der Waals surface area contributed by atoms with Crippen LogP contribution < -0.4 is 20.5 Å². The van der Waals surface area contributed by atoms with Crippen molar-refractivity contribution in [2.45, 2.75) is 24.7 Å². The molecule has 0 atom stereocenters. The summed E-state index contributed by atoms with van der Waals surface area (Å²) >= 11 is 1.42. The lowest BCUT2D eigenvalue weighted by Gasteiger charge is -2.18. The van der Waals surface area contributed by atoms with E-state index < -0.39 is 28.0 Å². The fraction of sp³-hybridized carbons (Fsp3) is 0.350. The van der Waals surface area contributed by atoms with Gasteiger partial charge in [-0.1, -0.05) is 6.92 Å². The quantitative estimate of drug-likeness (QED) is 0.571. The number of aryl methyl sites for hydroxylation is 1. The highest BCUT2D eigenvalue weighted by Crippen LogP contribution is 2.32. The van der Waals surface area contributed by atoms with E-state index >= 15 is 0 Å². The zero-order chi connectivity index (χ0) is 22.9. The number of benzene rings is 1. The highest BCUT2D eigenvalue weighted by atomic mass is 32.2. The Kier molecular flexibility index (Phi) is 6.17. The standard InChI is InChI=1S/C20H22N4O6S2/c1-3-13-9-15-19(31-13)21-12-24(20(15)26)22-18(25)11-23(2)32(27,28)14-5-6-16-17(10-14)30-8-4-7-29-16/h5-6,9-10,12H,3-4,7-8,11H2,1-2H3,(H,22,25). The Morgan fingerprint density at radius 2 is 2.00 bits per heavy atom. The van der Waals surface area contributed by atoms with Gasteiger partial charge in [0.25, 0.3) is 11.5 Å². The second-order valence-electron chi connectivity index (χ2n) is 7.16. The Hall–Kier alpha value is -2.96. The highest BCUT2D eigenvalue weighted by Gasteiger charge is 2.25. The SMILES string of the molecule is CCc1cc2c(=O)n(NC(=O)CN(C)S(=O)(=O)c3ccc4c(c3)OCCCO4)cnc2s1. The molecule has 2 aromatic heterocycles. The Morgan fingerprint density at radius 3 is 2.75 bits per heavy atom. The number of thiophene rings is 1. The molecule has 0 bridgehead atoms. The molecule has 32 heavy (non-hydrogen) atoms. The molecular formula is C20H22N4O6S2. The lowest BCUT2D eigenvalue weighted by atomic mass is 10.3. The van der Waals surface area contributed by atoms with E-state index in [4.69, 9.17) is 9.47 Å². The molecule has 0 spiro atoms. The molecule has 3 heterocycles. The summed E-state index contributed by atoms with van der Waals surface area (Å²) in [6, 6.07) is 6.07. The van der Waals surface area contributed by atoms with E-state index in [1.165, 1.54) is 42.9 Å². The molecule has 0 saturated heterocycles. The van der Waals surface area contributed by atoms with Crippen LogP contribution in [-0.2, 0) is 21.2 Å². The van der Waals surface area contributed by atoms with Crippen molar-refractivity contribution in [3.8, 4) is 11.5 Å². The van der Waals surface area contributed by atoms with E-state index in [0.717, 1.165) is 20.3 Å². The number of hydrogen-bond donors (Lipinski definition) is 1. The van der Waals surface area contributed by atoms with Crippen molar-refractivity contribution in [3.05, 3.63) is 45.8 Å². The summed E-state index contributed by atoms with van der Waals surface area (Å²) in [5, 5.41) is 0.405. The maximum Gasteiger partial charge on any atom is 0.280 e. The number of fused-ring (bicyclic) bond motifs is 2. The molecule has 0 saturated carbocycles. The average Bonchev–Trinajstić information content (AvgIpc) is 3.06. The van der Waals surface area contributed by atoms with Crippen molar-refractivity contribution in [1.82, 2.24) is 14.0 Å². The maximum atomic E-state index is 12.9. The monoisotopic (exact) mass is 478 g/mol. The molecule has 0 unspecified atom stereocenters. The first-order valence-corrected chi connectivity index (χ1v) is 12.2. The third-order valence-corrected chi connectivity index (χ3v) is 7.88. The van der Waals surface area contributed by atoms with Gasteiger partial charge in [0.05, 0.1) is 30.0 Å². The van der Waals surface area contributed by atoms with Crippen LogP contribution in [0.3, 0.4) is 0 Å².